The number of hydrogen-bond donors (Lipinski definition) is 2. The van der Waals surface area contributed by atoms with E-state index in [9.17, 15) is 9.59 Å². The topological polar surface area (TPSA) is 89.2 Å². The third-order valence-electron chi connectivity index (χ3n) is 4.45. The summed E-state index contributed by atoms with van der Waals surface area (Å²) in [6, 6.07) is 23.6. The van der Waals surface area contributed by atoms with Crippen molar-refractivity contribution < 1.29 is 14.0 Å². The van der Waals surface area contributed by atoms with E-state index in [1.807, 2.05) is 36.4 Å². The third kappa shape index (κ3) is 4.30. The zero-order chi connectivity index (χ0) is 20.8. The summed E-state index contributed by atoms with van der Waals surface area (Å²) in [4.78, 5) is 24.9. The lowest BCUT2D eigenvalue weighted by Gasteiger charge is -2.09. The third-order valence-corrected chi connectivity index (χ3v) is 4.45. The number of furan rings is 1. The standard InChI is InChI=1S/C23H20N4O3/c28-22(17-8-3-1-4-9-17)24-13-14-25-23(29)20-16-19(21-12-7-15-30-21)26-27(20)18-10-5-2-6-11-18/h1-12,15-16H,13-14H2,(H,24,28)(H,25,29). The molecule has 2 amide bonds. The van der Waals surface area contributed by atoms with Gasteiger partial charge in [-0.1, -0.05) is 36.4 Å². The Hall–Kier alpha value is -4.13. The molecular weight excluding hydrogens is 380 g/mol. The highest BCUT2D eigenvalue weighted by atomic mass is 16.3. The molecule has 0 fully saturated rings. The van der Waals surface area contributed by atoms with Gasteiger partial charge in [-0.3, -0.25) is 9.59 Å². The van der Waals surface area contributed by atoms with E-state index >= 15 is 0 Å². The Balaban J connectivity index is 1.44. The van der Waals surface area contributed by atoms with Crippen LogP contribution in [0.1, 0.15) is 20.8 Å². The Kier molecular flexibility index (Phi) is 5.70. The van der Waals surface area contributed by atoms with Gasteiger partial charge in [0.25, 0.3) is 11.8 Å². The van der Waals surface area contributed by atoms with Crippen LogP contribution in [0, 0.1) is 0 Å². The minimum absolute atomic E-state index is 0.181. The molecule has 30 heavy (non-hydrogen) atoms. The van der Waals surface area contributed by atoms with Gasteiger partial charge < -0.3 is 15.1 Å². The molecule has 0 atom stereocenters. The summed E-state index contributed by atoms with van der Waals surface area (Å²) in [5.41, 5.74) is 2.28. The second-order valence-corrected chi connectivity index (χ2v) is 6.52. The predicted octanol–water partition coefficient (Wildman–Crippen LogP) is 3.29. The number of hydrogen-bond acceptors (Lipinski definition) is 4. The first-order chi connectivity index (χ1) is 14.7. The summed E-state index contributed by atoms with van der Waals surface area (Å²) in [5, 5.41) is 10.2. The van der Waals surface area contributed by atoms with Crippen LogP contribution >= 0.6 is 0 Å². The van der Waals surface area contributed by atoms with Crippen LogP contribution in [-0.2, 0) is 0 Å². The monoisotopic (exact) mass is 400 g/mol. The zero-order valence-electron chi connectivity index (χ0n) is 16.1. The van der Waals surface area contributed by atoms with Gasteiger partial charge in [0.2, 0.25) is 0 Å². The van der Waals surface area contributed by atoms with Crippen molar-refractivity contribution in [3.05, 3.63) is 96.4 Å². The molecule has 4 rings (SSSR count). The summed E-state index contributed by atoms with van der Waals surface area (Å²) in [5.74, 6) is 0.103. The van der Waals surface area contributed by atoms with Gasteiger partial charge in [0.15, 0.2) is 5.76 Å². The SMILES string of the molecule is O=C(NCCNC(=O)c1cc(-c2ccco2)nn1-c1ccccc1)c1ccccc1. The molecule has 0 saturated carbocycles. The van der Waals surface area contributed by atoms with E-state index in [1.54, 1.807) is 53.4 Å². The van der Waals surface area contributed by atoms with Crippen LogP contribution in [-0.4, -0.2) is 34.7 Å². The maximum atomic E-state index is 12.8. The number of para-hydroxylation sites is 1. The molecule has 0 unspecified atom stereocenters. The Labute approximate surface area is 173 Å². The fraction of sp³-hybridized carbons (Fsp3) is 0.0870. The van der Waals surface area contributed by atoms with Crippen LogP contribution in [0.3, 0.4) is 0 Å². The van der Waals surface area contributed by atoms with Gasteiger partial charge in [-0.25, -0.2) is 4.68 Å². The molecule has 7 heteroatoms. The minimum atomic E-state index is -0.293. The summed E-state index contributed by atoms with van der Waals surface area (Å²) in [6.07, 6.45) is 1.56. The van der Waals surface area contributed by atoms with Gasteiger partial charge in [0.1, 0.15) is 11.4 Å². The lowest BCUT2D eigenvalue weighted by molar-refractivity contribution is 0.0923. The largest absolute Gasteiger partial charge is 0.463 e. The Morgan fingerprint density at radius 3 is 2.17 bits per heavy atom. The fourth-order valence-electron chi connectivity index (χ4n) is 2.99. The highest BCUT2D eigenvalue weighted by Gasteiger charge is 2.18. The number of carbonyl (C=O) groups excluding carboxylic acids is 2. The average molecular weight is 400 g/mol. The van der Waals surface area contributed by atoms with Gasteiger partial charge in [-0.15, -0.1) is 0 Å². The van der Waals surface area contributed by atoms with Crippen molar-refractivity contribution in [3.63, 3.8) is 0 Å². The van der Waals surface area contributed by atoms with E-state index in [4.69, 9.17) is 4.42 Å². The van der Waals surface area contributed by atoms with Crippen molar-refractivity contribution in [3.8, 4) is 17.1 Å². The second kappa shape index (κ2) is 8.91. The Morgan fingerprint density at radius 1 is 0.833 bits per heavy atom. The number of aromatic nitrogens is 2. The first kappa shape index (κ1) is 19.2. The molecular formula is C23H20N4O3. The molecule has 0 spiro atoms. The molecule has 0 saturated heterocycles. The van der Waals surface area contributed by atoms with Crippen LogP contribution < -0.4 is 10.6 Å². The van der Waals surface area contributed by atoms with Crippen molar-refractivity contribution in [2.24, 2.45) is 0 Å². The van der Waals surface area contributed by atoms with Crippen molar-refractivity contribution in [1.82, 2.24) is 20.4 Å². The van der Waals surface area contributed by atoms with E-state index in [0.717, 1.165) is 5.69 Å². The first-order valence-electron chi connectivity index (χ1n) is 9.53. The second-order valence-electron chi connectivity index (χ2n) is 6.52. The summed E-state index contributed by atoms with van der Waals surface area (Å²) < 4.78 is 6.99. The number of carbonyl (C=O) groups is 2. The molecule has 150 valence electrons. The van der Waals surface area contributed by atoms with Gasteiger partial charge >= 0.3 is 0 Å². The number of rotatable bonds is 7. The molecule has 7 nitrogen and oxygen atoms in total. The molecule has 0 radical (unpaired) electrons. The highest BCUT2D eigenvalue weighted by molar-refractivity contribution is 5.95. The molecule has 2 aromatic heterocycles. The normalized spacial score (nSPS) is 10.5. The van der Waals surface area contributed by atoms with Crippen molar-refractivity contribution in [2.75, 3.05) is 13.1 Å². The summed E-state index contributed by atoms with van der Waals surface area (Å²) in [6.45, 7) is 0.595. The van der Waals surface area contributed by atoms with E-state index in [1.165, 1.54) is 0 Å². The van der Waals surface area contributed by atoms with E-state index in [2.05, 4.69) is 15.7 Å². The number of nitrogens with zero attached hydrogens (tertiary/aromatic N) is 2. The number of amides is 2. The summed E-state index contributed by atoms with van der Waals surface area (Å²) >= 11 is 0. The molecule has 4 aromatic rings. The molecule has 0 aliphatic carbocycles. The van der Waals surface area contributed by atoms with Gasteiger partial charge in [-0.05, 0) is 36.4 Å². The zero-order valence-corrected chi connectivity index (χ0v) is 16.1. The number of benzene rings is 2. The van der Waals surface area contributed by atoms with Crippen LogP contribution in [0.4, 0.5) is 0 Å². The maximum absolute atomic E-state index is 12.8. The van der Waals surface area contributed by atoms with E-state index < -0.39 is 0 Å². The molecule has 2 heterocycles. The smallest absolute Gasteiger partial charge is 0.270 e. The van der Waals surface area contributed by atoms with Crippen molar-refractivity contribution >= 4 is 11.8 Å². The lowest BCUT2D eigenvalue weighted by Crippen LogP contribution is -2.35. The lowest BCUT2D eigenvalue weighted by atomic mass is 10.2. The molecule has 2 N–H and O–H groups in total. The van der Waals surface area contributed by atoms with Crippen LogP contribution in [0.25, 0.3) is 17.1 Å². The van der Waals surface area contributed by atoms with E-state index in [0.29, 0.717) is 29.3 Å². The minimum Gasteiger partial charge on any atom is -0.463 e. The first-order valence-corrected chi connectivity index (χ1v) is 9.53. The van der Waals surface area contributed by atoms with Crippen LogP contribution in [0.15, 0.2) is 89.5 Å². The van der Waals surface area contributed by atoms with Crippen molar-refractivity contribution in [2.45, 2.75) is 0 Å². The number of nitrogens with one attached hydrogen (secondary N) is 2. The van der Waals surface area contributed by atoms with E-state index in [-0.39, 0.29) is 18.4 Å². The molecule has 2 aromatic carbocycles. The molecule has 0 aliphatic rings. The van der Waals surface area contributed by atoms with Gasteiger partial charge in [0.05, 0.1) is 12.0 Å². The fourth-order valence-corrected chi connectivity index (χ4v) is 2.99. The molecule has 0 bridgehead atoms. The Bertz CT molecular complexity index is 1120. The van der Waals surface area contributed by atoms with Gasteiger partial charge in [-0.2, -0.15) is 5.10 Å². The van der Waals surface area contributed by atoms with Crippen molar-refractivity contribution in [1.29, 1.82) is 0 Å². The van der Waals surface area contributed by atoms with Crippen LogP contribution in [0.2, 0.25) is 0 Å². The molecule has 0 aliphatic heterocycles. The highest BCUT2D eigenvalue weighted by Crippen LogP contribution is 2.22. The Morgan fingerprint density at radius 2 is 1.50 bits per heavy atom. The quantitative estimate of drug-likeness (QED) is 0.466. The predicted molar refractivity (Wildman–Crippen MR) is 112 cm³/mol. The van der Waals surface area contributed by atoms with Crippen LogP contribution in [0.5, 0.6) is 0 Å². The van der Waals surface area contributed by atoms with Gasteiger partial charge in [0, 0.05) is 24.7 Å². The summed E-state index contributed by atoms with van der Waals surface area (Å²) in [7, 11) is 0. The average Bonchev–Trinajstić information content (AvgIpc) is 3.48. The maximum Gasteiger partial charge on any atom is 0.270 e.